The number of aliphatic carboxylic acids is 2. The molecule has 20 N–H and O–H groups in total. The first kappa shape index (κ1) is 78.1. The van der Waals surface area contributed by atoms with Crippen LogP contribution in [0.2, 0.25) is 0 Å². The molecule has 4 aromatic carbocycles. The standard InChI is InChI=1S/C64H76N14O22S/c1-33(79)55(78-52(83)32-68-57(89)44(26-36-16-18-38(19-17-36)100-101(97,98)99)74-63(95)48(29-54(86)87)76-59(91)42(20-22-49(65)80)72-58(90)41-21-23-50(81)70-41)64(96)69-31-51(82)71-46(27-37-30-67-40-15-9-8-14-39(37)40)61(93)75-45(25-35-12-6-3-7-13-35)60(92)77-47(28-53(84)85)62(94)73-43(56(66)88)24-34-10-4-2-5-11-34/h2-19,30,33,41-48,55,67,79H,20-29,31-32H2,1H3,(H2,65,80)(H2,66,88)(H,68,89)(H,69,96)(H,70,81)(H,71,82)(H,72,90)(H,73,94)(H,74,95)(H,75,93)(H,76,91)(H,77,92)(H,78,83)(H,84,85)(H,86,87)(H,97,98,99)/t33-,41+,42+,43+,44+,45+,46+,47+,48+,55+/m1/s1. The normalized spacial score (nSPS) is 15.2. The summed E-state index contributed by atoms with van der Waals surface area (Å²) in [5.74, 6) is -17.2. The maximum Gasteiger partial charge on any atom is 0.446 e. The summed E-state index contributed by atoms with van der Waals surface area (Å²) in [6.45, 7) is -0.910. The van der Waals surface area contributed by atoms with Crippen LogP contribution in [0.15, 0.2) is 115 Å². The zero-order chi connectivity index (χ0) is 74.1. The summed E-state index contributed by atoms with van der Waals surface area (Å²) in [4.78, 5) is 202. The summed E-state index contributed by atoms with van der Waals surface area (Å²) in [6, 6.07) is 13.0. The van der Waals surface area contributed by atoms with Crippen LogP contribution in [0, 0.1) is 0 Å². The quantitative estimate of drug-likeness (QED) is 0.0164. The summed E-state index contributed by atoms with van der Waals surface area (Å²) < 4.78 is 36.3. The van der Waals surface area contributed by atoms with E-state index in [2.05, 4.69) is 67.7 Å². The third-order valence-corrected chi connectivity index (χ3v) is 15.8. The second-order valence-electron chi connectivity index (χ2n) is 23.3. The number of carbonyl (C=O) groups excluding carboxylic acids is 13. The topological polar surface area (TPSA) is 580 Å². The summed E-state index contributed by atoms with van der Waals surface area (Å²) in [5.41, 5.74) is 13.2. The summed E-state index contributed by atoms with van der Waals surface area (Å²) in [5, 5.41) is 56.7. The lowest BCUT2D eigenvalue weighted by atomic mass is 10.0. The van der Waals surface area contributed by atoms with Crippen molar-refractivity contribution in [3.05, 3.63) is 138 Å². The van der Waals surface area contributed by atoms with E-state index in [9.17, 15) is 95.7 Å². The van der Waals surface area contributed by atoms with Gasteiger partial charge in [-0.3, -0.25) is 76.5 Å². The fourth-order valence-electron chi connectivity index (χ4n) is 10.3. The molecular weight excluding hydrogens is 1350 g/mol. The highest BCUT2D eigenvalue weighted by atomic mass is 32.3. The highest BCUT2D eigenvalue weighted by Gasteiger charge is 2.37. The van der Waals surface area contributed by atoms with Crippen LogP contribution in [0.1, 0.15) is 67.7 Å². The van der Waals surface area contributed by atoms with Crippen LogP contribution in [0.3, 0.4) is 0 Å². The molecule has 0 saturated carbocycles. The summed E-state index contributed by atoms with van der Waals surface area (Å²) >= 11 is 0. The van der Waals surface area contributed by atoms with E-state index in [1.165, 1.54) is 12.1 Å². The van der Waals surface area contributed by atoms with Crippen LogP contribution in [0.5, 0.6) is 5.75 Å². The van der Waals surface area contributed by atoms with Crippen molar-refractivity contribution in [2.24, 2.45) is 11.5 Å². The number of carboxylic acid groups (broad SMARTS) is 2. The number of carboxylic acids is 2. The van der Waals surface area contributed by atoms with E-state index in [1.54, 1.807) is 91.1 Å². The van der Waals surface area contributed by atoms with Crippen molar-refractivity contribution in [1.82, 2.24) is 63.5 Å². The molecule has 5 aromatic rings. The molecule has 540 valence electrons. The molecule has 1 saturated heterocycles. The Balaban J connectivity index is 1.16. The van der Waals surface area contributed by atoms with Crippen LogP contribution in [-0.2, 0) is 108 Å². The van der Waals surface area contributed by atoms with Crippen molar-refractivity contribution in [1.29, 1.82) is 0 Å². The van der Waals surface area contributed by atoms with E-state index in [0.29, 0.717) is 27.6 Å². The smallest absolute Gasteiger partial charge is 0.446 e. The number of aliphatic hydroxyl groups is 1. The van der Waals surface area contributed by atoms with Gasteiger partial charge >= 0.3 is 22.3 Å². The number of aromatic amines is 1. The van der Waals surface area contributed by atoms with Gasteiger partial charge in [0.1, 0.15) is 60.1 Å². The first-order chi connectivity index (χ1) is 47.8. The number of fused-ring (bicyclic) bond motifs is 1. The minimum atomic E-state index is -5.01. The predicted octanol–water partition coefficient (Wildman–Crippen LogP) is -4.91. The predicted molar refractivity (Wildman–Crippen MR) is 351 cm³/mol. The van der Waals surface area contributed by atoms with Crippen molar-refractivity contribution >= 4 is 110 Å². The van der Waals surface area contributed by atoms with E-state index >= 15 is 0 Å². The van der Waals surface area contributed by atoms with Gasteiger partial charge in [0.25, 0.3) is 0 Å². The Hall–Kier alpha value is -11.9. The van der Waals surface area contributed by atoms with E-state index in [1.807, 2.05) is 0 Å². The number of primary amides is 2. The van der Waals surface area contributed by atoms with E-state index in [0.717, 1.165) is 19.1 Å². The fourth-order valence-corrected chi connectivity index (χ4v) is 10.7. The molecule has 0 radical (unpaired) electrons. The Bertz CT molecular complexity index is 3990. The molecule has 6 rings (SSSR count). The molecule has 1 fully saturated rings. The van der Waals surface area contributed by atoms with Gasteiger partial charge in [-0.25, -0.2) is 0 Å². The van der Waals surface area contributed by atoms with Gasteiger partial charge in [0.05, 0.1) is 32.0 Å². The lowest BCUT2D eigenvalue weighted by Crippen LogP contribution is -2.60. The van der Waals surface area contributed by atoms with Gasteiger partial charge in [-0.05, 0) is 60.2 Å². The van der Waals surface area contributed by atoms with Crippen molar-refractivity contribution in [2.45, 2.75) is 132 Å². The van der Waals surface area contributed by atoms with Gasteiger partial charge < -0.3 is 94.4 Å². The Morgan fingerprint density at radius 3 is 1.50 bits per heavy atom. The molecule has 0 aliphatic carbocycles. The van der Waals surface area contributed by atoms with Gasteiger partial charge in [-0.1, -0.05) is 91.0 Å². The number of aliphatic hydroxyl groups excluding tert-OH is 1. The highest BCUT2D eigenvalue weighted by molar-refractivity contribution is 7.81. The third-order valence-electron chi connectivity index (χ3n) is 15.4. The molecular formula is C64H76N14O22S. The van der Waals surface area contributed by atoms with E-state index in [-0.39, 0.29) is 37.7 Å². The largest absolute Gasteiger partial charge is 0.481 e. The number of carbonyl (C=O) groups is 15. The van der Waals surface area contributed by atoms with Crippen LogP contribution in [-0.4, -0.2) is 196 Å². The first-order valence-electron chi connectivity index (χ1n) is 31.1. The van der Waals surface area contributed by atoms with Crippen LogP contribution >= 0.6 is 0 Å². The highest BCUT2D eigenvalue weighted by Crippen LogP contribution is 2.21. The van der Waals surface area contributed by atoms with Crippen LogP contribution < -0.4 is 74.1 Å². The minimum absolute atomic E-state index is 0.0218. The lowest BCUT2D eigenvalue weighted by Gasteiger charge is -2.26. The van der Waals surface area contributed by atoms with Gasteiger partial charge in [0.15, 0.2) is 0 Å². The zero-order valence-electron chi connectivity index (χ0n) is 53.9. The number of amides is 13. The molecule has 0 unspecified atom stereocenters. The van der Waals surface area contributed by atoms with Crippen LogP contribution in [0.25, 0.3) is 10.9 Å². The number of rotatable bonds is 39. The average Bonchev–Trinajstić information content (AvgIpc) is 1.64. The van der Waals surface area contributed by atoms with Crippen molar-refractivity contribution in [2.75, 3.05) is 13.1 Å². The monoisotopic (exact) mass is 1420 g/mol. The van der Waals surface area contributed by atoms with E-state index in [4.69, 9.17) is 16.0 Å². The molecule has 13 amide bonds. The maximum atomic E-state index is 14.6. The molecule has 10 atom stereocenters. The number of H-pyrrole nitrogens is 1. The number of hydrogen-bond acceptors (Lipinski definition) is 19. The van der Waals surface area contributed by atoms with E-state index < -0.39 is 211 Å². The summed E-state index contributed by atoms with van der Waals surface area (Å²) in [7, 11) is -5.01. The maximum absolute atomic E-state index is 14.6. The number of para-hydroxylation sites is 1. The van der Waals surface area contributed by atoms with Gasteiger partial charge in [0, 0.05) is 55.6 Å². The van der Waals surface area contributed by atoms with Crippen molar-refractivity contribution in [3.8, 4) is 5.75 Å². The van der Waals surface area contributed by atoms with Crippen molar-refractivity contribution < 1.29 is 104 Å². The number of nitrogens with two attached hydrogens (primary N) is 2. The Kier molecular flexibility index (Phi) is 28.8. The molecule has 1 aromatic heterocycles. The molecule has 101 heavy (non-hydrogen) atoms. The Labute approximate surface area is 575 Å². The number of nitrogens with one attached hydrogen (secondary N) is 12. The molecule has 1 aliphatic heterocycles. The number of hydrogen-bond donors (Lipinski definition) is 18. The minimum Gasteiger partial charge on any atom is -0.481 e. The van der Waals surface area contributed by atoms with Gasteiger partial charge in [0.2, 0.25) is 76.8 Å². The Morgan fingerprint density at radius 2 is 1.00 bits per heavy atom. The fraction of sp³-hybridized carbons (Fsp3) is 0.359. The molecule has 36 nitrogen and oxygen atoms in total. The van der Waals surface area contributed by atoms with Crippen molar-refractivity contribution in [3.63, 3.8) is 0 Å². The summed E-state index contributed by atoms with van der Waals surface area (Å²) in [6.07, 6.45) is -4.45. The zero-order valence-corrected chi connectivity index (χ0v) is 54.7. The van der Waals surface area contributed by atoms with Gasteiger partial charge in [-0.15, -0.1) is 0 Å². The number of benzene rings is 4. The average molecular weight is 1430 g/mol. The third kappa shape index (κ3) is 25.8. The molecule has 2 heterocycles. The second-order valence-corrected chi connectivity index (χ2v) is 24.3. The molecule has 0 bridgehead atoms. The first-order valence-corrected chi connectivity index (χ1v) is 32.5. The number of aromatic nitrogens is 1. The molecule has 37 heteroatoms. The van der Waals surface area contributed by atoms with Gasteiger partial charge in [-0.2, -0.15) is 8.42 Å². The Morgan fingerprint density at radius 1 is 0.545 bits per heavy atom. The molecule has 0 spiro atoms. The molecule has 1 aliphatic rings. The van der Waals surface area contributed by atoms with Crippen LogP contribution in [0.4, 0.5) is 0 Å². The SMILES string of the molecule is C[C@@H](O)[C@H](NC(=O)CNC(=O)[C@H](Cc1ccc(OS(=O)(=O)O)cc1)NC(=O)[C@H](CC(=O)O)NC(=O)[C@H](CCC(N)=O)NC(=O)[C@@H]1CCC(=O)N1)C(=O)NCC(=O)N[C@@H](Cc1c[nH]c2ccccc12)C(=O)N[C@@H](Cc1ccccc1)C(=O)N[C@@H](CC(=O)O)C(=O)N[C@@H](Cc1ccccc1)C(N)=O. The second kappa shape index (κ2) is 37.2. The lowest BCUT2D eigenvalue weighted by molar-refractivity contribution is -0.142.